The van der Waals surface area contributed by atoms with Crippen molar-refractivity contribution in [3.05, 3.63) is 78.2 Å². The summed E-state index contributed by atoms with van der Waals surface area (Å²) >= 11 is 1.72. The van der Waals surface area contributed by atoms with E-state index in [0.29, 0.717) is 11.4 Å². The molecule has 0 bridgehead atoms. The lowest BCUT2D eigenvalue weighted by atomic mass is 10.2. The molecule has 1 amide bonds. The molecular weight excluding hydrogens is 334 g/mol. The molecule has 0 saturated heterocycles. The van der Waals surface area contributed by atoms with Gasteiger partial charge in [-0.1, -0.05) is 6.07 Å². The number of thioether (sulfide) groups is 1. The Morgan fingerprint density at radius 2 is 1.96 bits per heavy atom. The summed E-state index contributed by atoms with van der Waals surface area (Å²) in [7, 11) is 1.54. The summed E-state index contributed by atoms with van der Waals surface area (Å²) in [4.78, 5) is 21.5. The van der Waals surface area contributed by atoms with Crippen LogP contribution in [-0.2, 0) is 5.75 Å². The molecule has 0 aliphatic rings. The monoisotopic (exact) mass is 351 g/mol. The maximum atomic E-state index is 12.2. The first-order chi connectivity index (χ1) is 12.2. The summed E-state index contributed by atoms with van der Waals surface area (Å²) in [5.74, 6) is 1.13. The van der Waals surface area contributed by atoms with E-state index in [9.17, 15) is 4.79 Å². The van der Waals surface area contributed by atoms with E-state index in [-0.39, 0.29) is 5.91 Å². The predicted octanol–water partition coefficient (Wildman–Crippen LogP) is 4.03. The van der Waals surface area contributed by atoms with Crippen LogP contribution in [0, 0.1) is 0 Å². The van der Waals surface area contributed by atoms with Crippen molar-refractivity contribution in [3.8, 4) is 5.88 Å². The van der Waals surface area contributed by atoms with Crippen molar-refractivity contribution in [2.24, 2.45) is 0 Å². The van der Waals surface area contributed by atoms with Crippen LogP contribution >= 0.6 is 11.8 Å². The average Bonchev–Trinajstić information content (AvgIpc) is 2.68. The normalized spacial score (nSPS) is 10.3. The highest BCUT2D eigenvalue weighted by molar-refractivity contribution is 7.98. The molecule has 0 spiro atoms. The minimum atomic E-state index is -0.203. The highest BCUT2D eigenvalue weighted by atomic mass is 32.2. The van der Waals surface area contributed by atoms with Crippen LogP contribution in [0.25, 0.3) is 0 Å². The highest BCUT2D eigenvalue weighted by Gasteiger charge is 2.07. The fourth-order valence-electron chi connectivity index (χ4n) is 2.12. The lowest BCUT2D eigenvalue weighted by Crippen LogP contribution is -2.12. The molecule has 0 saturated carbocycles. The van der Waals surface area contributed by atoms with E-state index in [1.807, 2.05) is 36.5 Å². The van der Waals surface area contributed by atoms with Crippen molar-refractivity contribution in [2.45, 2.75) is 10.6 Å². The topological polar surface area (TPSA) is 64.1 Å². The molecule has 25 heavy (non-hydrogen) atoms. The Hall–Kier alpha value is -2.86. The zero-order valence-corrected chi connectivity index (χ0v) is 14.5. The predicted molar refractivity (Wildman–Crippen MR) is 99.0 cm³/mol. The average molecular weight is 351 g/mol. The van der Waals surface area contributed by atoms with Gasteiger partial charge < -0.3 is 10.1 Å². The Balaban J connectivity index is 1.57. The molecule has 126 valence electrons. The van der Waals surface area contributed by atoms with E-state index in [4.69, 9.17) is 4.74 Å². The Bertz CT molecular complexity index is 822. The van der Waals surface area contributed by atoms with Crippen molar-refractivity contribution >= 4 is 23.4 Å². The van der Waals surface area contributed by atoms with E-state index in [1.165, 1.54) is 18.9 Å². The number of nitrogens with one attached hydrogen (secondary N) is 1. The summed E-state index contributed by atoms with van der Waals surface area (Å²) < 4.78 is 4.99. The molecule has 3 rings (SSSR count). The zero-order chi connectivity index (χ0) is 17.5. The van der Waals surface area contributed by atoms with Crippen LogP contribution < -0.4 is 10.1 Å². The number of methoxy groups -OCH3 is 1. The lowest BCUT2D eigenvalue weighted by molar-refractivity contribution is 0.102. The molecule has 5 nitrogen and oxygen atoms in total. The molecule has 1 N–H and O–H groups in total. The second-order valence-electron chi connectivity index (χ2n) is 5.22. The Morgan fingerprint density at radius 1 is 1.12 bits per heavy atom. The number of carbonyl (C=O) groups is 1. The number of ether oxygens (including phenoxy) is 1. The number of nitrogens with zero attached hydrogens (tertiary/aromatic N) is 2. The van der Waals surface area contributed by atoms with Gasteiger partial charge in [0, 0.05) is 41.0 Å². The molecule has 6 heteroatoms. The van der Waals surface area contributed by atoms with Gasteiger partial charge in [-0.05, 0) is 42.0 Å². The number of carbonyl (C=O) groups excluding carboxylic acids is 1. The van der Waals surface area contributed by atoms with Crippen molar-refractivity contribution < 1.29 is 9.53 Å². The van der Waals surface area contributed by atoms with Gasteiger partial charge in [-0.2, -0.15) is 0 Å². The van der Waals surface area contributed by atoms with Crippen molar-refractivity contribution in [2.75, 3.05) is 12.4 Å². The number of anilines is 1. The minimum Gasteiger partial charge on any atom is -0.481 e. The smallest absolute Gasteiger partial charge is 0.257 e. The van der Waals surface area contributed by atoms with E-state index >= 15 is 0 Å². The maximum Gasteiger partial charge on any atom is 0.257 e. The molecule has 0 unspecified atom stereocenters. The van der Waals surface area contributed by atoms with Crippen LogP contribution in [-0.4, -0.2) is 23.0 Å². The van der Waals surface area contributed by atoms with Crippen LogP contribution in [0.15, 0.2) is 72.0 Å². The molecule has 3 aromatic rings. The second kappa shape index (κ2) is 8.30. The van der Waals surface area contributed by atoms with Gasteiger partial charge in [-0.3, -0.25) is 9.78 Å². The van der Waals surface area contributed by atoms with Crippen LogP contribution in [0.2, 0.25) is 0 Å². The Labute approximate surface area is 150 Å². The number of amides is 1. The summed E-state index contributed by atoms with van der Waals surface area (Å²) in [6, 6.07) is 15.1. The van der Waals surface area contributed by atoms with Crippen molar-refractivity contribution in [1.82, 2.24) is 9.97 Å². The van der Waals surface area contributed by atoms with Crippen LogP contribution in [0.3, 0.4) is 0 Å². The summed E-state index contributed by atoms with van der Waals surface area (Å²) in [5.41, 5.74) is 2.40. The third-order valence-corrected chi connectivity index (χ3v) is 4.53. The third-order valence-electron chi connectivity index (χ3n) is 3.45. The number of rotatable bonds is 6. The first kappa shape index (κ1) is 17.0. The molecule has 0 aliphatic carbocycles. The highest BCUT2D eigenvalue weighted by Crippen LogP contribution is 2.24. The van der Waals surface area contributed by atoms with Crippen LogP contribution in [0.5, 0.6) is 5.88 Å². The Kier molecular flexibility index (Phi) is 5.64. The summed E-state index contributed by atoms with van der Waals surface area (Å²) in [5, 5.41) is 2.86. The third kappa shape index (κ3) is 4.81. The SMILES string of the molecule is COc1ccc(C(=O)Nc2ccc(SCc3cccnc3)cc2)cn1. The van der Waals surface area contributed by atoms with Crippen LogP contribution in [0.4, 0.5) is 5.69 Å². The van der Waals surface area contributed by atoms with Gasteiger partial charge in [0.15, 0.2) is 0 Å². The quantitative estimate of drug-likeness (QED) is 0.679. The van der Waals surface area contributed by atoms with Gasteiger partial charge in [0.05, 0.1) is 12.7 Å². The lowest BCUT2D eigenvalue weighted by Gasteiger charge is -2.07. The van der Waals surface area contributed by atoms with Crippen molar-refractivity contribution in [3.63, 3.8) is 0 Å². The number of pyridine rings is 2. The fraction of sp³-hybridized carbons (Fsp3) is 0.105. The van der Waals surface area contributed by atoms with E-state index in [0.717, 1.165) is 16.3 Å². The number of hydrogen-bond acceptors (Lipinski definition) is 5. The molecule has 0 aliphatic heterocycles. The van der Waals surface area contributed by atoms with Crippen molar-refractivity contribution in [1.29, 1.82) is 0 Å². The standard InChI is InChI=1S/C19H17N3O2S/c1-24-18-9-4-15(12-21-18)19(23)22-16-5-7-17(8-6-16)25-13-14-3-2-10-20-11-14/h2-12H,13H2,1H3,(H,22,23). The largest absolute Gasteiger partial charge is 0.481 e. The van der Waals surface area contributed by atoms with Gasteiger partial charge in [0.2, 0.25) is 5.88 Å². The molecular formula is C19H17N3O2S. The molecule has 0 radical (unpaired) electrons. The first-order valence-corrected chi connectivity index (χ1v) is 8.66. The maximum absolute atomic E-state index is 12.2. The van der Waals surface area contributed by atoms with Gasteiger partial charge in [0.25, 0.3) is 5.91 Å². The molecule has 0 fully saturated rings. The van der Waals surface area contributed by atoms with Gasteiger partial charge >= 0.3 is 0 Å². The fourth-order valence-corrected chi connectivity index (χ4v) is 2.96. The summed E-state index contributed by atoms with van der Waals surface area (Å²) in [6.07, 6.45) is 5.13. The van der Waals surface area contributed by atoms with E-state index in [2.05, 4.69) is 21.4 Å². The summed E-state index contributed by atoms with van der Waals surface area (Å²) in [6.45, 7) is 0. The van der Waals surface area contributed by atoms with Gasteiger partial charge in [-0.25, -0.2) is 4.98 Å². The Morgan fingerprint density at radius 3 is 2.60 bits per heavy atom. The van der Waals surface area contributed by atoms with E-state index < -0.39 is 0 Å². The van der Waals surface area contributed by atoms with Crippen LogP contribution in [0.1, 0.15) is 15.9 Å². The minimum absolute atomic E-state index is 0.203. The molecule has 2 heterocycles. The second-order valence-corrected chi connectivity index (χ2v) is 6.27. The van der Waals surface area contributed by atoms with Gasteiger partial charge in [0.1, 0.15) is 0 Å². The first-order valence-electron chi connectivity index (χ1n) is 7.68. The number of benzene rings is 1. The number of hydrogen-bond donors (Lipinski definition) is 1. The van der Waals surface area contributed by atoms with Gasteiger partial charge in [-0.15, -0.1) is 11.8 Å². The molecule has 2 aromatic heterocycles. The van der Waals surface area contributed by atoms with E-state index in [1.54, 1.807) is 30.1 Å². The number of aromatic nitrogens is 2. The molecule has 1 aromatic carbocycles. The zero-order valence-electron chi connectivity index (χ0n) is 13.7. The molecule has 0 atom stereocenters.